The first-order valence-corrected chi connectivity index (χ1v) is 9.27. The Hall–Kier alpha value is -2.62. The molecule has 5 nitrogen and oxygen atoms in total. The molecule has 1 atom stereocenters. The Morgan fingerprint density at radius 3 is 2.69 bits per heavy atom. The van der Waals surface area contributed by atoms with Crippen molar-refractivity contribution in [3.05, 3.63) is 59.9 Å². The Labute approximate surface area is 156 Å². The van der Waals surface area contributed by atoms with Crippen molar-refractivity contribution < 1.29 is 9.84 Å². The van der Waals surface area contributed by atoms with E-state index in [9.17, 15) is 5.11 Å². The fraction of sp³-hybridized carbons (Fsp3) is 0.250. The molecule has 2 aromatic carbocycles. The van der Waals surface area contributed by atoms with E-state index in [2.05, 4.69) is 16.0 Å². The van der Waals surface area contributed by atoms with Crippen LogP contribution in [0.1, 0.15) is 11.4 Å². The molecule has 0 spiro atoms. The minimum Gasteiger partial charge on any atom is -0.491 e. The van der Waals surface area contributed by atoms with Gasteiger partial charge in [-0.1, -0.05) is 30.3 Å². The molecule has 1 N–H and O–H groups in total. The number of para-hydroxylation sites is 1. The molecule has 0 fully saturated rings. The number of rotatable bonds is 7. The van der Waals surface area contributed by atoms with E-state index in [1.165, 1.54) is 11.8 Å². The van der Waals surface area contributed by atoms with Gasteiger partial charge in [-0.05, 0) is 30.7 Å². The minimum absolute atomic E-state index is 0.201. The summed E-state index contributed by atoms with van der Waals surface area (Å²) in [6.07, 6.45) is -0.237. The molecule has 6 heteroatoms. The van der Waals surface area contributed by atoms with Crippen LogP contribution in [0.2, 0.25) is 0 Å². The van der Waals surface area contributed by atoms with Crippen molar-refractivity contribution in [2.75, 3.05) is 12.4 Å². The lowest BCUT2D eigenvalue weighted by atomic mass is 10.2. The summed E-state index contributed by atoms with van der Waals surface area (Å²) in [4.78, 5) is 8.92. The van der Waals surface area contributed by atoms with Crippen molar-refractivity contribution in [1.29, 1.82) is 5.26 Å². The zero-order valence-electron chi connectivity index (χ0n) is 14.4. The number of hydrogen-bond donors (Lipinski definition) is 1. The van der Waals surface area contributed by atoms with Crippen molar-refractivity contribution in [1.82, 2.24) is 9.97 Å². The third kappa shape index (κ3) is 4.72. The molecular weight excluding hydrogens is 346 g/mol. The second-order valence-corrected chi connectivity index (χ2v) is 6.86. The minimum atomic E-state index is -0.618. The van der Waals surface area contributed by atoms with Gasteiger partial charge in [-0.2, -0.15) is 5.26 Å². The molecule has 0 bridgehead atoms. The molecule has 26 heavy (non-hydrogen) atoms. The number of hydrogen-bond acceptors (Lipinski definition) is 6. The molecular formula is C20H19N3O2S. The van der Waals surface area contributed by atoms with Crippen LogP contribution in [0.3, 0.4) is 0 Å². The number of thioether (sulfide) groups is 1. The number of aryl methyl sites for hydroxylation is 1. The van der Waals surface area contributed by atoms with Crippen LogP contribution in [0.25, 0.3) is 10.9 Å². The van der Waals surface area contributed by atoms with Crippen LogP contribution >= 0.6 is 11.8 Å². The lowest BCUT2D eigenvalue weighted by molar-refractivity contribution is 0.126. The van der Waals surface area contributed by atoms with Crippen LogP contribution in [0.5, 0.6) is 5.75 Å². The number of nitriles is 1. The summed E-state index contributed by atoms with van der Waals surface area (Å²) in [6, 6.07) is 17.3. The molecule has 0 aliphatic carbocycles. The highest BCUT2D eigenvalue weighted by atomic mass is 32.2. The van der Waals surface area contributed by atoms with Crippen molar-refractivity contribution in [3.8, 4) is 11.8 Å². The first-order chi connectivity index (χ1) is 12.7. The smallest absolute Gasteiger partial charge is 0.127 e. The summed E-state index contributed by atoms with van der Waals surface area (Å²) < 4.78 is 5.62. The van der Waals surface area contributed by atoms with Gasteiger partial charge >= 0.3 is 0 Å². The van der Waals surface area contributed by atoms with E-state index in [4.69, 9.17) is 10.00 Å². The average molecular weight is 365 g/mol. The van der Waals surface area contributed by atoms with Gasteiger partial charge in [0.15, 0.2) is 0 Å². The standard InChI is InChI=1S/C20H19N3O2S/c1-14-22-19-5-3-2-4-18(19)20(23-14)26-13-16(24)12-25-17-8-6-15(7-9-17)10-11-21/h2-9,16,24H,10,12-13H2,1H3/t16-/m0/s1. The predicted octanol–water partition coefficient (Wildman–Crippen LogP) is 3.54. The number of ether oxygens (including phenoxy) is 1. The molecule has 0 amide bonds. The molecule has 132 valence electrons. The maximum Gasteiger partial charge on any atom is 0.127 e. The van der Waals surface area contributed by atoms with Gasteiger partial charge in [0.2, 0.25) is 0 Å². The second kappa shape index (κ2) is 8.65. The van der Waals surface area contributed by atoms with E-state index in [0.717, 1.165) is 27.3 Å². The molecule has 0 aliphatic rings. The van der Waals surface area contributed by atoms with Crippen LogP contribution in [-0.2, 0) is 6.42 Å². The molecule has 1 heterocycles. The quantitative estimate of drug-likeness (QED) is 0.510. The van der Waals surface area contributed by atoms with Gasteiger partial charge in [-0.25, -0.2) is 9.97 Å². The SMILES string of the molecule is Cc1nc(SC[C@@H](O)COc2ccc(CC#N)cc2)c2ccccc2n1. The van der Waals surface area contributed by atoms with Crippen molar-refractivity contribution >= 4 is 22.7 Å². The first-order valence-electron chi connectivity index (χ1n) is 8.28. The van der Waals surface area contributed by atoms with Crippen LogP contribution in [0.15, 0.2) is 53.6 Å². The molecule has 0 saturated carbocycles. The van der Waals surface area contributed by atoms with Crippen LogP contribution in [-0.4, -0.2) is 33.5 Å². The van der Waals surface area contributed by atoms with E-state index in [1.807, 2.05) is 55.5 Å². The van der Waals surface area contributed by atoms with Gasteiger partial charge in [0.1, 0.15) is 23.2 Å². The van der Waals surface area contributed by atoms with Crippen molar-refractivity contribution in [2.24, 2.45) is 0 Å². The summed E-state index contributed by atoms with van der Waals surface area (Å²) in [5.74, 6) is 1.88. The fourth-order valence-corrected chi connectivity index (χ4v) is 3.45. The lowest BCUT2D eigenvalue weighted by Crippen LogP contribution is -2.20. The zero-order valence-corrected chi connectivity index (χ0v) is 15.2. The predicted molar refractivity (Wildman–Crippen MR) is 102 cm³/mol. The highest BCUT2D eigenvalue weighted by Crippen LogP contribution is 2.25. The maximum absolute atomic E-state index is 10.2. The second-order valence-electron chi connectivity index (χ2n) is 5.85. The largest absolute Gasteiger partial charge is 0.491 e. The topological polar surface area (TPSA) is 79.0 Å². The average Bonchev–Trinajstić information content (AvgIpc) is 2.65. The Balaban J connectivity index is 1.56. The number of nitrogens with zero attached hydrogens (tertiary/aromatic N) is 3. The zero-order chi connectivity index (χ0) is 18.4. The van der Waals surface area contributed by atoms with Gasteiger partial charge < -0.3 is 9.84 Å². The van der Waals surface area contributed by atoms with Crippen molar-refractivity contribution in [3.63, 3.8) is 0 Å². The van der Waals surface area contributed by atoms with E-state index in [1.54, 1.807) is 0 Å². The highest BCUT2D eigenvalue weighted by molar-refractivity contribution is 7.99. The van der Waals surface area contributed by atoms with E-state index in [-0.39, 0.29) is 6.61 Å². The molecule has 0 aliphatic heterocycles. The summed E-state index contributed by atoms with van der Waals surface area (Å²) in [5.41, 5.74) is 1.85. The fourth-order valence-electron chi connectivity index (χ4n) is 2.48. The molecule has 0 saturated heterocycles. The maximum atomic E-state index is 10.2. The molecule has 3 rings (SSSR count). The first kappa shape index (κ1) is 18.2. The third-order valence-corrected chi connectivity index (χ3v) is 4.88. The van der Waals surface area contributed by atoms with Crippen molar-refractivity contribution in [2.45, 2.75) is 24.5 Å². The van der Waals surface area contributed by atoms with E-state index < -0.39 is 6.10 Å². The van der Waals surface area contributed by atoms with Gasteiger partial charge in [-0.15, -0.1) is 11.8 Å². The molecule has 1 aromatic heterocycles. The third-order valence-electron chi connectivity index (χ3n) is 3.74. The number of aliphatic hydroxyl groups excluding tert-OH is 1. The number of aliphatic hydroxyl groups is 1. The van der Waals surface area contributed by atoms with Gasteiger partial charge in [0.25, 0.3) is 0 Å². The van der Waals surface area contributed by atoms with Gasteiger partial charge in [0, 0.05) is 11.1 Å². The number of aromatic nitrogens is 2. The summed E-state index contributed by atoms with van der Waals surface area (Å²) >= 11 is 1.50. The van der Waals surface area contributed by atoms with Gasteiger partial charge in [-0.3, -0.25) is 0 Å². The Morgan fingerprint density at radius 1 is 1.15 bits per heavy atom. The number of fused-ring (bicyclic) bond motifs is 1. The van der Waals surface area contributed by atoms with Gasteiger partial charge in [0.05, 0.1) is 24.1 Å². The molecule has 0 unspecified atom stereocenters. The summed E-state index contributed by atoms with van der Waals surface area (Å²) in [6.45, 7) is 2.07. The Morgan fingerprint density at radius 2 is 1.92 bits per heavy atom. The van der Waals surface area contributed by atoms with Crippen LogP contribution in [0.4, 0.5) is 0 Å². The van der Waals surface area contributed by atoms with E-state index >= 15 is 0 Å². The molecule has 3 aromatic rings. The molecule has 0 radical (unpaired) electrons. The van der Waals surface area contributed by atoms with Crippen LogP contribution in [0, 0.1) is 18.3 Å². The van der Waals surface area contributed by atoms with E-state index in [0.29, 0.717) is 17.9 Å². The summed E-state index contributed by atoms with van der Waals surface area (Å²) in [7, 11) is 0. The lowest BCUT2D eigenvalue weighted by Gasteiger charge is -2.13. The highest BCUT2D eigenvalue weighted by Gasteiger charge is 2.11. The normalized spacial score (nSPS) is 11.9. The Kier molecular flexibility index (Phi) is 6.05. The Bertz CT molecular complexity index is 922. The van der Waals surface area contributed by atoms with Crippen LogP contribution < -0.4 is 4.74 Å². The summed E-state index contributed by atoms with van der Waals surface area (Å²) in [5, 5.41) is 20.8. The monoisotopic (exact) mass is 365 g/mol. The number of benzene rings is 2.